The number of benzene rings is 2. The molecule has 0 radical (unpaired) electrons. The molecule has 2 rings (SSSR count). The van der Waals surface area contributed by atoms with Gasteiger partial charge in [0.1, 0.15) is 0 Å². The molecule has 0 aliphatic rings. The number of hydrogen-bond donors (Lipinski definition) is 0. The third kappa shape index (κ3) is 4.33. The van der Waals surface area contributed by atoms with Gasteiger partial charge in [-0.15, -0.1) is 0 Å². The lowest BCUT2D eigenvalue weighted by Crippen LogP contribution is -1.97. The summed E-state index contributed by atoms with van der Waals surface area (Å²) >= 11 is 0. The Balaban J connectivity index is 1.85. The molecule has 104 valence electrons. The van der Waals surface area contributed by atoms with Crippen LogP contribution in [-0.4, -0.2) is 15.0 Å². The largest absolute Gasteiger partial charge is 0.373 e. The number of hydrogen-bond acceptors (Lipinski definition) is 3. The molecule has 0 unspecified atom stereocenters. The van der Waals surface area contributed by atoms with Gasteiger partial charge in [0.15, 0.2) is 9.84 Å². The summed E-state index contributed by atoms with van der Waals surface area (Å²) in [5, 5.41) is 1.19. The molecule has 0 saturated carbocycles. The average molecular weight is 288 g/mol. The van der Waals surface area contributed by atoms with Crippen molar-refractivity contribution in [3.05, 3.63) is 77.7 Å². The van der Waals surface area contributed by atoms with Crippen molar-refractivity contribution in [1.29, 1.82) is 0 Å². The average Bonchev–Trinajstić information content (AvgIpc) is 2.49. The van der Waals surface area contributed by atoms with Crippen molar-refractivity contribution >= 4 is 9.84 Å². The van der Waals surface area contributed by atoms with Crippen molar-refractivity contribution in [1.82, 2.24) is 0 Å². The number of ether oxygens (including phenoxy) is 1. The number of sulfone groups is 1. The zero-order valence-electron chi connectivity index (χ0n) is 11.0. The van der Waals surface area contributed by atoms with E-state index in [1.807, 2.05) is 30.3 Å². The van der Waals surface area contributed by atoms with Crippen molar-refractivity contribution in [2.24, 2.45) is 0 Å². The zero-order valence-corrected chi connectivity index (χ0v) is 11.8. The lowest BCUT2D eigenvalue weighted by molar-refractivity contribution is 0.149. The smallest absolute Gasteiger partial charge is 0.199 e. The number of rotatable bonds is 6. The molecule has 0 aromatic heterocycles. The molecular formula is C16H16O3S. The first-order chi connectivity index (χ1) is 9.68. The van der Waals surface area contributed by atoms with E-state index in [1.165, 1.54) is 11.5 Å². The molecule has 2 aromatic carbocycles. The molecule has 0 N–H and O–H groups in total. The van der Waals surface area contributed by atoms with Crippen molar-refractivity contribution in [2.45, 2.75) is 11.5 Å². The van der Waals surface area contributed by atoms with Crippen molar-refractivity contribution < 1.29 is 13.2 Å². The summed E-state index contributed by atoms with van der Waals surface area (Å²) in [7, 11) is -3.37. The summed E-state index contributed by atoms with van der Waals surface area (Å²) in [5.74, 6) is 0. The van der Waals surface area contributed by atoms with Crippen LogP contribution in [0.4, 0.5) is 0 Å². The van der Waals surface area contributed by atoms with Gasteiger partial charge in [0.25, 0.3) is 0 Å². The highest BCUT2D eigenvalue weighted by Gasteiger charge is 2.08. The van der Waals surface area contributed by atoms with E-state index in [9.17, 15) is 8.42 Å². The summed E-state index contributed by atoms with van der Waals surface area (Å²) in [6.07, 6.45) is 1.52. The Bertz CT molecular complexity index is 647. The van der Waals surface area contributed by atoms with Gasteiger partial charge >= 0.3 is 0 Å². The van der Waals surface area contributed by atoms with Crippen LogP contribution < -0.4 is 0 Å². The first-order valence-corrected chi connectivity index (χ1v) is 7.81. The van der Waals surface area contributed by atoms with Crippen LogP contribution >= 0.6 is 0 Å². The van der Waals surface area contributed by atoms with E-state index in [1.54, 1.807) is 30.3 Å². The molecule has 3 nitrogen and oxygen atoms in total. The van der Waals surface area contributed by atoms with Gasteiger partial charge in [-0.1, -0.05) is 48.5 Å². The Labute approximate surface area is 119 Å². The minimum atomic E-state index is -3.37. The highest BCUT2D eigenvalue weighted by Crippen LogP contribution is 2.11. The molecule has 0 aliphatic heterocycles. The fourth-order valence-corrected chi connectivity index (χ4v) is 2.70. The predicted molar refractivity (Wildman–Crippen MR) is 78.9 cm³/mol. The van der Waals surface area contributed by atoms with Gasteiger partial charge in [-0.25, -0.2) is 8.42 Å². The van der Waals surface area contributed by atoms with Gasteiger partial charge in [0, 0.05) is 5.41 Å². The highest BCUT2D eigenvalue weighted by atomic mass is 32.2. The van der Waals surface area contributed by atoms with Crippen LogP contribution in [0.2, 0.25) is 0 Å². The van der Waals surface area contributed by atoms with Gasteiger partial charge < -0.3 is 4.74 Å². The monoisotopic (exact) mass is 288 g/mol. The van der Waals surface area contributed by atoms with Gasteiger partial charge in [0.05, 0.1) is 18.1 Å². The van der Waals surface area contributed by atoms with Crippen molar-refractivity contribution in [3.63, 3.8) is 0 Å². The van der Waals surface area contributed by atoms with Crippen molar-refractivity contribution in [3.8, 4) is 0 Å². The van der Waals surface area contributed by atoms with Crippen LogP contribution in [0, 0.1) is 0 Å². The SMILES string of the molecule is O=S(=O)(C=CCOCc1ccccc1)c1ccccc1. The van der Waals surface area contributed by atoms with Crippen LogP contribution in [0.1, 0.15) is 5.56 Å². The van der Waals surface area contributed by atoms with E-state index >= 15 is 0 Å². The Kier molecular flexibility index (Phi) is 5.09. The van der Waals surface area contributed by atoms with E-state index in [2.05, 4.69) is 0 Å². The Morgan fingerprint density at radius 3 is 2.15 bits per heavy atom. The molecule has 0 spiro atoms. The summed E-state index contributed by atoms with van der Waals surface area (Å²) in [5.41, 5.74) is 1.06. The molecule has 0 bridgehead atoms. The molecule has 0 saturated heterocycles. The second-order valence-electron chi connectivity index (χ2n) is 4.23. The molecule has 0 aliphatic carbocycles. The summed E-state index contributed by atoms with van der Waals surface area (Å²) in [6, 6.07) is 18.1. The maximum atomic E-state index is 11.9. The quantitative estimate of drug-likeness (QED) is 0.767. The lowest BCUT2D eigenvalue weighted by atomic mass is 10.2. The summed E-state index contributed by atoms with van der Waals surface area (Å²) in [6.45, 7) is 0.734. The third-order valence-corrected chi connectivity index (χ3v) is 4.15. The van der Waals surface area contributed by atoms with Crippen LogP contribution in [0.5, 0.6) is 0 Å². The highest BCUT2D eigenvalue weighted by molar-refractivity contribution is 7.94. The summed E-state index contributed by atoms with van der Waals surface area (Å²) in [4.78, 5) is 0.291. The van der Waals surface area contributed by atoms with Gasteiger partial charge in [0.2, 0.25) is 0 Å². The maximum Gasteiger partial charge on any atom is 0.199 e. The van der Waals surface area contributed by atoms with E-state index in [0.29, 0.717) is 11.5 Å². The maximum absolute atomic E-state index is 11.9. The summed E-state index contributed by atoms with van der Waals surface area (Å²) < 4.78 is 29.2. The Morgan fingerprint density at radius 2 is 1.50 bits per heavy atom. The van der Waals surface area contributed by atoms with Gasteiger partial charge in [-0.2, -0.15) is 0 Å². The predicted octanol–water partition coefficient (Wildman–Crippen LogP) is 3.19. The van der Waals surface area contributed by atoms with E-state index < -0.39 is 9.84 Å². The van der Waals surface area contributed by atoms with Crippen LogP contribution in [0.25, 0.3) is 0 Å². The van der Waals surface area contributed by atoms with Crippen LogP contribution in [-0.2, 0) is 21.2 Å². The molecule has 4 heteroatoms. The van der Waals surface area contributed by atoms with Gasteiger partial charge in [-0.05, 0) is 23.8 Å². The normalized spacial score (nSPS) is 11.8. The Hall–Kier alpha value is -1.91. The lowest BCUT2D eigenvalue weighted by Gasteiger charge is -2.01. The van der Waals surface area contributed by atoms with Gasteiger partial charge in [-0.3, -0.25) is 0 Å². The molecule has 20 heavy (non-hydrogen) atoms. The minimum Gasteiger partial charge on any atom is -0.373 e. The fourth-order valence-electron chi connectivity index (χ4n) is 1.67. The first-order valence-electron chi connectivity index (χ1n) is 6.27. The molecule has 0 atom stereocenters. The minimum absolute atomic E-state index is 0.265. The fraction of sp³-hybridized carbons (Fsp3) is 0.125. The molecular weight excluding hydrogens is 272 g/mol. The Morgan fingerprint density at radius 1 is 0.900 bits per heavy atom. The standard InChI is InChI=1S/C16H16O3S/c17-20(18,16-10-5-2-6-11-16)13-7-12-19-14-15-8-3-1-4-9-15/h1-11,13H,12,14H2. The molecule has 0 fully saturated rings. The third-order valence-electron chi connectivity index (χ3n) is 2.67. The van der Waals surface area contributed by atoms with Crippen LogP contribution in [0.15, 0.2) is 77.0 Å². The second-order valence-corrected chi connectivity index (χ2v) is 6.06. The second kappa shape index (κ2) is 7.03. The zero-order chi connectivity index (χ0) is 14.3. The molecule has 2 aromatic rings. The molecule has 0 heterocycles. The van der Waals surface area contributed by atoms with Crippen LogP contribution in [0.3, 0.4) is 0 Å². The first kappa shape index (κ1) is 14.5. The van der Waals surface area contributed by atoms with Crippen molar-refractivity contribution in [2.75, 3.05) is 6.61 Å². The topological polar surface area (TPSA) is 43.4 Å². The van der Waals surface area contributed by atoms with E-state index in [4.69, 9.17) is 4.74 Å². The van der Waals surface area contributed by atoms with E-state index in [-0.39, 0.29) is 6.61 Å². The molecule has 0 amide bonds. The van der Waals surface area contributed by atoms with E-state index in [0.717, 1.165) is 5.56 Å².